The summed E-state index contributed by atoms with van der Waals surface area (Å²) in [5.74, 6) is 2.12. The Balaban J connectivity index is 2.07. The lowest BCUT2D eigenvalue weighted by molar-refractivity contribution is 0.347. The third kappa shape index (κ3) is 3.66. The van der Waals surface area contributed by atoms with E-state index in [9.17, 15) is 0 Å². The molecule has 0 saturated carbocycles. The molecule has 21 heavy (non-hydrogen) atoms. The number of hydrogen-bond donors (Lipinski definition) is 1. The van der Waals surface area contributed by atoms with E-state index in [4.69, 9.17) is 14.2 Å². The van der Waals surface area contributed by atoms with Crippen LogP contribution in [0, 0.1) is 0 Å². The Bertz CT molecular complexity index is 596. The summed E-state index contributed by atoms with van der Waals surface area (Å²) in [6.45, 7) is 1.41. The van der Waals surface area contributed by atoms with Crippen LogP contribution in [0.3, 0.4) is 0 Å². The molecule has 0 radical (unpaired) electrons. The quantitative estimate of drug-likeness (QED) is 0.842. The summed E-state index contributed by atoms with van der Waals surface area (Å²) in [4.78, 5) is 0. The zero-order valence-electron chi connectivity index (χ0n) is 12.8. The average molecular weight is 291 g/mol. The summed E-state index contributed by atoms with van der Waals surface area (Å²) in [6, 6.07) is 3.76. The largest absolute Gasteiger partial charge is 0.496 e. The molecule has 0 aliphatic carbocycles. The van der Waals surface area contributed by atoms with Crippen LogP contribution in [-0.4, -0.2) is 31.1 Å². The third-order valence-electron chi connectivity index (χ3n) is 3.19. The van der Waals surface area contributed by atoms with Crippen molar-refractivity contribution in [3.8, 4) is 17.2 Å². The molecule has 0 spiro atoms. The van der Waals surface area contributed by atoms with Gasteiger partial charge in [0.2, 0.25) is 0 Å². The second kappa shape index (κ2) is 6.99. The molecule has 0 atom stereocenters. The van der Waals surface area contributed by atoms with Crippen LogP contribution in [0.5, 0.6) is 17.2 Å². The van der Waals surface area contributed by atoms with Crippen LogP contribution in [0.2, 0.25) is 0 Å². The molecule has 1 N–H and O–H groups in total. The highest BCUT2D eigenvalue weighted by atomic mass is 16.5. The first-order valence-corrected chi connectivity index (χ1v) is 6.65. The van der Waals surface area contributed by atoms with Crippen molar-refractivity contribution >= 4 is 0 Å². The maximum Gasteiger partial charge on any atom is 0.164 e. The molecule has 0 unspecified atom stereocenters. The van der Waals surface area contributed by atoms with Gasteiger partial charge < -0.3 is 19.5 Å². The average Bonchev–Trinajstić information content (AvgIpc) is 2.92. The van der Waals surface area contributed by atoms with E-state index in [0.29, 0.717) is 18.0 Å². The molecular formula is C15H21N3O3. The van der Waals surface area contributed by atoms with E-state index >= 15 is 0 Å². The van der Waals surface area contributed by atoms with Gasteiger partial charge in [0.1, 0.15) is 5.75 Å². The van der Waals surface area contributed by atoms with E-state index in [1.165, 1.54) is 0 Å². The lowest BCUT2D eigenvalue weighted by Crippen LogP contribution is -2.13. The minimum Gasteiger partial charge on any atom is -0.496 e. The molecular weight excluding hydrogens is 270 g/mol. The number of methoxy groups -OCH3 is 3. The van der Waals surface area contributed by atoms with E-state index in [1.807, 2.05) is 31.6 Å². The normalized spacial score (nSPS) is 10.5. The highest BCUT2D eigenvalue weighted by Crippen LogP contribution is 2.34. The van der Waals surface area contributed by atoms with Crippen LogP contribution in [0.15, 0.2) is 24.5 Å². The summed E-state index contributed by atoms with van der Waals surface area (Å²) in [7, 11) is 6.78. The molecule has 0 bridgehead atoms. The zero-order chi connectivity index (χ0) is 15.2. The van der Waals surface area contributed by atoms with Crippen molar-refractivity contribution in [2.24, 2.45) is 7.05 Å². The predicted molar refractivity (Wildman–Crippen MR) is 79.8 cm³/mol. The number of nitrogens with zero attached hydrogens (tertiary/aromatic N) is 2. The smallest absolute Gasteiger partial charge is 0.164 e. The number of aromatic nitrogens is 2. The fraction of sp³-hybridized carbons (Fsp3) is 0.400. The van der Waals surface area contributed by atoms with E-state index in [1.54, 1.807) is 26.0 Å². The molecule has 0 fully saturated rings. The summed E-state index contributed by atoms with van der Waals surface area (Å²) < 4.78 is 17.8. The third-order valence-corrected chi connectivity index (χ3v) is 3.19. The standard InChI is InChI=1S/C15H21N3O3/c1-18-10-11(8-17-18)7-16-9-12-5-14(20-3)15(21-4)6-13(12)19-2/h5-6,8,10,16H,7,9H2,1-4H3. The van der Waals surface area contributed by atoms with E-state index < -0.39 is 0 Å². The van der Waals surface area contributed by atoms with E-state index in [-0.39, 0.29) is 0 Å². The van der Waals surface area contributed by atoms with Gasteiger partial charge in [-0.15, -0.1) is 0 Å². The van der Waals surface area contributed by atoms with Crippen LogP contribution in [0.25, 0.3) is 0 Å². The Labute approximate surface area is 124 Å². The van der Waals surface area contributed by atoms with Gasteiger partial charge in [-0.3, -0.25) is 4.68 Å². The second-order valence-electron chi connectivity index (χ2n) is 4.64. The van der Waals surface area contributed by atoms with Crippen molar-refractivity contribution in [2.45, 2.75) is 13.1 Å². The number of ether oxygens (including phenoxy) is 3. The van der Waals surface area contributed by atoms with Gasteiger partial charge >= 0.3 is 0 Å². The minimum absolute atomic E-state index is 0.658. The molecule has 6 heteroatoms. The Kier molecular flexibility index (Phi) is 5.05. The number of rotatable bonds is 7. The summed E-state index contributed by atoms with van der Waals surface area (Å²) in [5.41, 5.74) is 2.15. The van der Waals surface area contributed by atoms with Gasteiger partial charge in [0.15, 0.2) is 11.5 Å². The fourth-order valence-corrected chi connectivity index (χ4v) is 2.14. The maximum absolute atomic E-state index is 5.40. The maximum atomic E-state index is 5.40. The first-order chi connectivity index (χ1) is 10.2. The van der Waals surface area contributed by atoms with Gasteiger partial charge in [-0.05, 0) is 6.07 Å². The monoisotopic (exact) mass is 291 g/mol. The van der Waals surface area contributed by atoms with E-state index in [0.717, 1.165) is 23.4 Å². The van der Waals surface area contributed by atoms with Crippen LogP contribution in [-0.2, 0) is 20.1 Å². The molecule has 6 nitrogen and oxygen atoms in total. The van der Waals surface area contributed by atoms with Crippen molar-refractivity contribution in [1.82, 2.24) is 15.1 Å². The van der Waals surface area contributed by atoms with Gasteiger partial charge in [-0.1, -0.05) is 0 Å². The van der Waals surface area contributed by atoms with Gasteiger partial charge in [-0.2, -0.15) is 5.10 Å². The van der Waals surface area contributed by atoms with Gasteiger partial charge in [0.05, 0.1) is 27.5 Å². The van der Waals surface area contributed by atoms with Crippen LogP contribution in [0.4, 0.5) is 0 Å². The van der Waals surface area contributed by atoms with Crippen molar-refractivity contribution in [3.05, 3.63) is 35.7 Å². The number of hydrogen-bond acceptors (Lipinski definition) is 5. The van der Waals surface area contributed by atoms with Crippen molar-refractivity contribution in [1.29, 1.82) is 0 Å². The zero-order valence-corrected chi connectivity index (χ0v) is 12.8. The molecule has 0 amide bonds. The summed E-state index contributed by atoms with van der Waals surface area (Å²) in [6.07, 6.45) is 3.83. The molecule has 2 aromatic rings. The molecule has 0 aliphatic heterocycles. The molecule has 2 rings (SSSR count). The van der Waals surface area contributed by atoms with Gasteiger partial charge in [0, 0.05) is 43.5 Å². The predicted octanol–water partition coefficient (Wildman–Crippen LogP) is 1.74. The van der Waals surface area contributed by atoms with E-state index in [2.05, 4.69) is 10.4 Å². The number of aryl methyl sites for hydroxylation is 1. The number of nitrogens with one attached hydrogen (secondary N) is 1. The molecule has 1 aromatic heterocycles. The molecule has 1 aromatic carbocycles. The fourth-order valence-electron chi connectivity index (χ4n) is 2.14. The first kappa shape index (κ1) is 15.2. The summed E-state index contributed by atoms with van der Waals surface area (Å²) >= 11 is 0. The van der Waals surface area contributed by atoms with Crippen molar-refractivity contribution in [3.63, 3.8) is 0 Å². The van der Waals surface area contributed by atoms with Crippen molar-refractivity contribution in [2.75, 3.05) is 21.3 Å². The molecule has 0 saturated heterocycles. The lowest BCUT2D eigenvalue weighted by Gasteiger charge is -2.14. The minimum atomic E-state index is 0.658. The molecule has 1 heterocycles. The molecule has 0 aliphatic rings. The van der Waals surface area contributed by atoms with Crippen LogP contribution >= 0.6 is 0 Å². The highest BCUT2D eigenvalue weighted by Gasteiger charge is 2.11. The topological polar surface area (TPSA) is 57.5 Å². The van der Waals surface area contributed by atoms with Crippen LogP contribution in [0.1, 0.15) is 11.1 Å². The first-order valence-electron chi connectivity index (χ1n) is 6.65. The SMILES string of the molecule is COc1cc(OC)c(OC)cc1CNCc1cnn(C)c1. The van der Waals surface area contributed by atoms with Gasteiger partial charge in [0.25, 0.3) is 0 Å². The summed E-state index contributed by atoms with van der Waals surface area (Å²) in [5, 5.41) is 7.51. The number of benzene rings is 1. The van der Waals surface area contributed by atoms with Gasteiger partial charge in [-0.25, -0.2) is 0 Å². The Morgan fingerprint density at radius 2 is 1.67 bits per heavy atom. The Morgan fingerprint density at radius 3 is 2.24 bits per heavy atom. The Hall–Kier alpha value is -2.21. The highest BCUT2D eigenvalue weighted by molar-refractivity contribution is 5.50. The molecule has 114 valence electrons. The second-order valence-corrected chi connectivity index (χ2v) is 4.64. The van der Waals surface area contributed by atoms with Crippen molar-refractivity contribution < 1.29 is 14.2 Å². The van der Waals surface area contributed by atoms with Crippen LogP contribution < -0.4 is 19.5 Å². The lowest BCUT2D eigenvalue weighted by atomic mass is 10.1. The Morgan fingerprint density at radius 1 is 1.00 bits per heavy atom.